The lowest BCUT2D eigenvalue weighted by Gasteiger charge is -2.44. The Morgan fingerprint density at radius 3 is 2.71 bits per heavy atom. The van der Waals surface area contributed by atoms with Crippen LogP contribution < -0.4 is 5.73 Å². The first-order valence-electron chi connectivity index (χ1n) is 7.81. The molecular formula is C15H30N2. The number of rotatable bonds is 5. The van der Waals surface area contributed by atoms with E-state index in [1.165, 1.54) is 70.9 Å². The molecule has 2 rings (SSSR count). The summed E-state index contributed by atoms with van der Waals surface area (Å²) in [6.45, 7) is 4.82. The van der Waals surface area contributed by atoms with Gasteiger partial charge in [0.25, 0.3) is 0 Å². The molecule has 1 saturated carbocycles. The van der Waals surface area contributed by atoms with Gasteiger partial charge >= 0.3 is 0 Å². The van der Waals surface area contributed by atoms with Crippen molar-refractivity contribution in [2.45, 2.75) is 76.8 Å². The largest absolute Gasteiger partial charge is 0.328 e. The molecule has 1 aliphatic heterocycles. The van der Waals surface area contributed by atoms with Gasteiger partial charge in [-0.3, -0.25) is 0 Å². The van der Waals surface area contributed by atoms with Gasteiger partial charge in [0.05, 0.1) is 0 Å². The maximum absolute atomic E-state index is 6.14. The molecule has 1 saturated heterocycles. The molecule has 1 aliphatic carbocycles. The van der Waals surface area contributed by atoms with Crippen LogP contribution >= 0.6 is 0 Å². The van der Waals surface area contributed by atoms with E-state index in [-0.39, 0.29) is 0 Å². The fourth-order valence-electron chi connectivity index (χ4n) is 3.85. The van der Waals surface area contributed by atoms with Gasteiger partial charge in [-0.2, -0.15) is 0 Å². The highest BCUT2D eigenvalue weighted by Gasteiger charge is 2.32. The van der Waals surface area contributed by atoms with Crippen molar-refractivity contribution < 1.29 is 0 Å². The van der Waals surface area contributed by atoms with Crippen LogP contribution in [0.5, 0.6) is 0 Å². The minimum Gasteiger partial charge on any atom is -0.328 e. The molecule has 17 heavy (non-hydrogen) atoms. The van der Waals surface area contributed by atoms with Crippen LogP contribution in [0.4, 0.5) is 0 Å². The minimum atomic E-state index is 0.434. The van der Waals surface area contributed by atoms with Crippen molar-refractivity contribution in [2.75, 3.05) is 13.1 Å². The zero-order chi connectivity index (χ0) is 12.1. The summed E-state index contributed by atoms with van der Waals surface area (Å²) in [6.07, 6.45) is 12.4. The first-order chi connectivity index (χ1) is 8.31. The predicted octanol–water partition coefficient (Wildman–Crippen LogP) is 3.16. The van der Waals surface area contributed by atoms with E-state index >= 15 is 0 Å². The maximum Gasteiger partial charge on any atom is 0.0123 e. The SMILES string of the molecule is CCCC(N)CCN1CCC[C@H]2CCCC[C@H]21. The van der Waals surface area contributed by atoms with Gasteiger partial charge in [-0.05, 0) is 57.5 Å². The fraction of sp³-hybridized carbons (Fsp3) is 1.00. The van der Waals surface area contributed by atoms with Gasteiger partial charge in [0.15, 0.2) is 0 Å². The summed E-state index contributed by atoms with van der Waals surface area (Å²) in [5.41, 5.74) is 6.14. The first kappa shape index (κ1) is 13.4. The molecule has 2 N–H and O–H groups in total. The Bertz CT molecular complexity index is 215. The van der Waals surface area contributed by atoms with E-state index in [0.717, 1.165) is 12.0 Å². The van der Waals surface area contributed by atoms with Crippen molar-refractivity contribution in [1.29, 1.82) is 0 Å². The van der Waals surface area contributed by atoms with Gasteiger partial charge in [0, 0.05) is 12.1 Å². The van der Waals surface area contributed by atoms with E-state index < -0.39 is 0 Å². The second-order valence-corrected chi connectivity index (χ2v) is 6.13. The van der Waals surface area contributed by atoms with Gasteiger partial charge < -0.3 is 10.6 Å². The highest BCUT2D eigenvalue weighted by molar-refractivity contribution is 4.87. The van der Waals surface area contributed by atoms with E-state index in [1.54, 1.807) is 0 Å². The third-order valence-corrected chi connectivity index (χ3v) is 4.80. The van der Waals surface area contributed by atoms with Gasteiger partial charge in [-0.1, -0.05) is 26.2 Å². The van der Waals surface area contributed by atoms with Crippen LogP contribution in [0.2, 0.25) is 0 Å². The number of piperidine rings is 1. The quantitative estimate of drug-likeness (QED) is 0.797. The molecule has 0 aromatic carbocycles. The molecular weight excluding hydrogens is 208 g/mol. The smallest absolute Gasteiger partial charge is 0.0123 e. The number of nitrogens with two attached hydrogens (primary N) is 1. The second kappa shape index (κ2) is 6.75. The summed E-state index contributed by atoms with van der Waals surface area (Å²) >= 11 is 0. The van der Waals surface area contributed by atoms with Crippen molar-refractivity contribution >= 4 is 0 Å². The molecule has 3 atom stereocenters. The molecule has 0 radical (unpaired) electrons. The Kier molecular flexibility index (Phi) is 5.30. The fourth-order valence-corrected chi connectivity index (χ4v) is 3.85. The van der Waals surface area contributed by atoms with Gasteiger partial charge in [0.2, 0.25) is 0 Å². The Labute approximate surface area is 107 Å². The standard InChI is InChI=1S/C15H30N2/c1-2-6-14(16)10-12-17-11-5-8-13-7-3-4-9-15(13)17/h13-15H,2-12,16H2,1H3/t13-,14?,15-/m1/s1. The Balaban J connectivity index is 1.78. The highest BCUT2D eigenvalue weighted by atomic mass is 15.2. The van der Waals surface area contributed by atoms with Gasteiger partial charge in [-0.15, -0.1) is 0 Å². The zero-order valence-electron chi connectivity index (χ0n) is 11.5. The summed E-state index contributed by atoms with van der Waals surface area (Å²) in [5.74, 6) is 1.01. The van der Waals surface area contributed by atoms with Crippen LogP contribution in [0, 0.1) is 5.92 Å². The number of nitrogens with zero attached hydrogens (tertiary/aromatic N) is 1. The van der Waals surface area contributed by atoms with Crippen molar-refractivity contribution in [2.24, 2.45) is 11.7 Å². The van der Waals surface area contributed by atoms with E-state index in [9.17, 15) is 0 Å². The average molecular weight is 238 g/mol. The minimum absolute atomic E-state index is 0.434. The van der Waals surface area contributed by atoms with Gasteiger partial charge in [-0.25, -0.2) is 0 Å². The van der Waals surface area contributed by atoms with Crippen molar-refractivity contribution in [1.82, 2.24) is 4.90 Å². The molecule has 2 nitrogen and oxygen atoms in total. The van der Waals surface area contributed by atoms with E-state index in [4.69, 9.17) is 5.73 Å². The second-order valence-electron chi connectivity index (χ2n) is 6.13. The molecule has 2 fully saturated rings. The summed E-state index contributed by atoms with van der Waals surface area (Å²) in [7, 11) is 0. The normalized spacial score (nSPS) is 32.1. The summed E-state index contributed by atoms with van der Waals surface area (Å²) in [6, 6.07) is 1.34. The van der Waals surface area contributed by atoms with Crippen molar-refractivity contribution in [3.63, 3.8) is 0 Å². The highest BCUT2D eigenvalue weighted by Crippen LogP contribution is 2.35. The van der Waals surface area contributed by atoms with Crippen LogP contribution in [0.1, 0.15) is 64.7 Å². The van der Waals surface area contributed by atoms with Crippen LogP contribution in [0.15, 0.2) is 0 Å². The van der Waals surface area contributed by atoms with Crippen LogP contribution in [-0.4, -0.2) is 30.1 Å². The lowest BCUT2D eigenvalue weighted by molar-refractivity contribution is 0.0584. The Morgan fingerprint density at radius 2 is 1.88 bits per heavy atom. The van der Waals surface area contributed by atoms with Crippen LogP contribution in [0.3, 0.4) is 0 Å². The van der Waals surface area contributed by atoms with Gasteiger partial charge in [0.1, 0.15) is 0 Å². The summed E-state index contributed by atoms with van der Waals surface area (Å²) in [5, 5.41) is 0. The number of likely N-dealkylation sites (tertiary alicyclic amines) is 1. The van der Waals surface area contributed by atoms with Crippen LogP contribution in [0.25, 0.3) is 0 Å². The Hall–Kier alpha value is -0.0800. The van der Waals surface area contributed by atoms with E-state index in [0.29, 0.717) is 6.04 Å². The van der Waals surface area contributed by atoms with E-state index in [1.807, 2.05) is 0 Å². The summed E-state index contributed by atoms with van der Waals surface area (Å²) in [4.78, 5) is 2.77. The molecule has 1 heterocycles. The topological polar surface area (TPSA) is 29.3 Å². The third-order valence-electron chi connectivity index (χ3n) is 4.80. The monoisotopic (exact) mass is 238 g/mol. The Morgan fingerprint density at radius 1 is 1.12 bits per heavy atom. The molecule has 0 spiro atoms. The predicted molar refractivity (Wildman–Crippen MR) is 74.1 cm³/mol. The van der Waals surface area contributed by atoms with E-state index in [2.05, 4.69) is 11.8 Å². The lowest BCUT2D eigenvalue weighted by Crippen LogP contribution is -2.47. The molecule has 0 amide bonds. The zero-order valence-corrected chi connectivity index (χ0v) is 11.5. The molecule has 0 bridgehead atoms. The molecule has 2 aliphatic rings. The molecule has 2 heteroatoms. The average Bonchev–Trinajstić information content (AvgIpc) is 2.36. The lowest BCUT2D eigenvalue weighted by atomic mass is 9.78. The van der Waals surface area contributed by atoms with Crippen molar-refractivity contribution in [3.05, 3.63) is 0 Å². The number of hydrogen-bond acceptors (Lipinski definition) is 2. The molecule has 100 valence electrons. The first-order valence-corrected chi connectivity index (χ1v) is 7.81. The molecule has 0 aromatic rings. The number of hydrogen-bond donors (Lipinski definition) is 1. The van der Waals surface area contributed by atoms with Crippen LogP contribution in [-0.2, 0) is 0 Å². The maximum atomic E-state index is 6.14. The third kappa shape index (κ3) is 3.69. The molecule has 1 unspecified atom stereocenters. The number of fused-ring (bicyclic) bond motifs is 1. The summed E-state index contributed by atoms with van der Waals surface area (Å²) < 4.78 is 0. The van der Waals surface area contributed by atoms with Crippen molar-refractivity contribution in [3.8, 4) is 0 Å². The molecule has 0 aromatic heterocycles.